The minimum Gasteiger partial charge on any atom is -0.486 e. The van der Waals surface area contributed by atoms with Crippen molar-refractivity contribution in [3.8, 4) is 11.5 Å². The Kier molecular flexibility index (Phi) is 5.61. The molecule has 1 aliphatic heterocycles. The maximum atomic E-state index is 12.0. The van der Waals surface area contributed by atoms with E-state index in [0.717, 1.165) is 36.3 Å². The molecular weight excluding hydrogens is 292 g/mol. The molecule has 2 amide bonds. The molecule has 126 valence electrons. The molecule has 1 aliphatic carbocycles. The maximum Gasteiger partial charge on any atom is 0.315 e. The molecule has 0 spiro atoms. The van der Waals surface area contributed by atoms with Gasteiger partial charge in [0.15, 0.2) is 11.5 Å². The number of carbonyl (C=O) groups excluding carboxylic acids is 1. The van der Waals surface area contributed by atoms with Crippen molar-refractivity contribution < 1.29 is 14.3 Å². The molecule has 0 saturated heterocycles. The summed E-state index contributed by atoms with van der Waals surface area (Å²) in [7, 11) is 0. The van der Waals surface area contributed by atoms with E-state index < -0.39 is 0 Å². The lowest BCUT2D eigenvalue weighted by Gasteiger charge is -2.19. The van der Waals surface area contributed by atoms with Gasteiger partial charge in [-0.3, -0.25) is 0 Å². The van der Waals surface area contributed by atoms with Crippen LogP contribution < -0.4 is 20.1 Å². The Morgan fingerprint density at radius 2 is 1.78 bits per heavy atom. The Hall–Kier alpha value is -1.91. The first kappa shape index (κ1) is 16.0. The van der Waals surface area contributed by atoms with Crippen molar-refractivity contribution in [2.75, 3.05) is 19.8 Å². The zero-order chi connectivity index (χ0) is 15.9. The van der Waals surface area contributed by atoms with Gasteiger partial charge < -0.3 is 20.1 Å². The molecule has 0 bridgehead atoms. The van der Waals surface area contributed by atoms with Crippen LogP contribution in [0.4, 0.5) is 4.79 Å². The van der Waals surface area contributed by atoms with Crippen molar-refractivity contribution in [1.29, 1.82) is 0 Å². The van der Waals surface area contributed by atoms with Crippen molar-refractivity contribution in [3.63, 3.8) is 0 Å². The number of fused-ring (bicyclic) bond motifs is 1. The molecule has 1 saturated carbocycles. The molecule has 0 aromatic heterocycles. The lowest BCUT2D eigenvalue weighted by Crippen LogP contribution is -2.42. The fourth-order valence-corrected chi connectivity index (χ4v) is 3.22. The van der Waals surface area contributed by atoms with Gasteiger partial charge in [0.1, 0.15) is 13.2 Å². The molecule has 0 radical (unpaired) electrons. The van der Waals surface area contributed by atoms with Gasteiger partial charge in [0.25, 0.3) is 0 Å². The van der Waals surface area contributed by atoms with Crippen LogP contribution in [0.15, 0.2) is 18.2 Å². The SMILES string of the molecule is O=C(NCCc1ccc2c(c1)OCCO2)NC1CCCCCC1. The summed E-state index contributed by atoms with van der Waals surface area (Å²) in [6.45, 7) is 1.83. The van der Waals surface area contributed by atoms with E-state index in [-0.39, 0.29) is 6.03 Å². The quantitative estimate of drug-likeness (QED) is 0.839. The Balaban J connectivity index is 1.41. The lowest BCUT2D eigenvalue weighted by molar-refractivity contribution is 0.171. The summed E-state index contributed by atoms with van der Waals surface area (Å²) in [5.41, 5.74) is 1.14. The van der Waals surface area contributed by atoms with Gasteiger partial charge in [-0.1, -0.05) is 31.7 Å². The standard InChI is InChI=1S/C18H26N2O3/c21-18(20-15-5-3-1-2-4-6-15)19-10-9-14-7-8-16-17(13-14)23-12-11-22-16/h7-8,13,15H,1-6,9-12H2,(H2,19,20,21). The highest BCUT2D eigenvalue weighted by Crippen LogP contribution is 2.30. The fraction of sp³-hybridized carbons (Fsp3) is 0.611. The smallest absolute Gasteiger partial charge is 0.315 e. The average molecular weight is 318 g/mol. The zero-order valence-corrected chi connectivity index (χ0v) is 13.6. The van der Waals surface area contributed by atoms with Crippen molar-refractivity contribution in [1.82, 2.24) is 10.6 Å². The Morgan fingerprint density at radius 1 is 1.04 bits per heavy atom. The zero-order valence-electron chi connectivity index (χ0n) is 13.6. The topological polar surface area (TPSA) is 59.6 Å². The van der Waals surface area contributed by atoms with Crippen LogP contribution in [0, 0.1) is 0 Å². The molecule has 5 heteroatoms. The molecule has 3 rings (SSSR count). The summed E-state index contributed by atoms with van der Waals surface area (Å²) in [6, 6.07) is 6.26. The van der Waals surface area contributed by atoms with E-state index in [1.165, 1.54) is 25.7 Å². The van der Waals surface area contributed by atoms with Crippen molar-refractivity contribution in [2.45, 2.75) is 51.0 Å². The summed E-state index contributed by atoms with van der Waals surface area (Å²) in [5.74, 6) is 1.61. The first-order valence-electron chi connectivity index (χ1n) is 8.74. The van der Waals surface area contributed by atoms with Gasteiger partial charge in [-0.15, -0.1) is 0 Å². The lowest BCUT2D eigenvalue weighted by atomic mass is 10.1. The second-order valence-electron chi connectivity index (χ2n) is 6.32. The predicted molar refractivity (Wildman–Crippen MR) is 89.2 cm³/mol. The highest BCUT2D eigenvalue weighted by atomic mass is 16.6. The summed E-state index contributed by atoms with van der Waals surface area (Å²) in [4.78, 5) is 12.0. The van der Waals surface area contributed by atoms with Crippen molar-refractivity contribution in [2.24, 2.45) is 0 Å². The average Bonchev–Trinajstić information content (AvgIpc) is 2.83. The van der Waals surface area contributed by atoms with Gasteiger partial charge in [-0.25, -0.2) is 4.79 Å². The number of urea groups is 1. The number of amides is 2. The first-order valence-corrected chi connectivity index (χ1v) is 8.74. The van der Waals surface area contributed by atoms with Gasteiger partial charge >= 0.3 is 6.03 Å². The molecule has 1 fully saturated rings. The second-order valence-corrected chi connectivity index (χ2v) is 6.32. The highest BCUT2D eigenvalue weighted by molar-refractivity contribution is 5.74. The van der Waals surface area contributed by atoms with E-state index in [4.69, 9.17) is 9.47 Å². The molecule has 0 unspecified atom stereocenters. The van der Waals surface area contributed by atoms with E-state index >= 15 is 0 Å². The monoisotopic (exact) mass is 318 g/mol. The summed E-state index contributed by atoms with van der Waals surface area (Å²) in [6.07, 6.45) is 8.04. The van der Waals surface area contributed by atoms with Crippen LogP contribution in [-0.2, 0) is 6.42 Å². The number of nitrogens with one attached hydrogen (secondary N) is 2. The molecule has 1 heterocycles. The minimum atomic E-state index is -0.0468. The van der Waals surface area contributed by atoms with Gasteiger partial charge in [0.05, 0.1) is 0 Å². The number of ether oxygens (including phenoxy) is 2. The molecule has 1 aromatic carbocycles. The Labute approximate surface area is 137 Å². The van der Waals surface area contributed by atoms with Crippen LogP contribution >= 0.6 is 0 Å². The van der Waals surface area contributed by atoms with Crippen LogP contribution in [0.5, 0.6) is 11.5 Å². The third-order valence-corrected chi connectivity index (χ3v) is 4.50. The molecule has 1 aromatic rings. The molecule has 23 heavy (non-hydrogen) atoms. The molecular formula is C18H26N2O3. The fourth-order valence-electron chi connectivity index (χ4n) is 3.22. The summed E-state index contributed by atoms with van der Waals surface area (Å²) in [5, 5.41) is 6.06. The Bertz CT molecular complexity index is 525. The van der Waals surface area contributed by atoms with Gasteiger partial charge in [0, 0.05) is 12.6 Å². The largest absolute Gasteiger partial charge is 0.486 e. The number of hydrogen-bond acceptors (Lipinski definition) is 3. The summed E-state index contributed by atoms with van der Waals surface area (Å²) < 4.78 is 11.1. The first-order chi connectivity index (χ1) is 11.3. The van der Waals surface area contributed by atoms with Gasteiger partial charge in [-0.2, -0.15) is 0 Å². The molecule has 2 N–H and O–H groups in total. The maximum absolute atomic E-state index is 12.0. The predicted octanol–water partition coefficient (Wildman–Crippen LogP) is 3.02. The minimum absolute atomic E-state index is 0.0468. The number of rotatable bonds is 4. The molecule has 5 nitrogen and oxygen atoms in total. The van der Waals surface area contributed by atoms with Crippen LogP contribution in [0.1, 0.15) is 44.1 Å². The Morgan fingerprint density at radius 3 is 2.57 bits per heavy atom. The van der Waals surface area contributed by atoms with E-state index in [1.807, 2.05) is 18.2 Å². The second kappa shape index (κ2) is 8.09. The van der Waals surface area contributed by atoms with Crippen LogP contribution in [-0.4, -0.2) is 31.8 Å². The van der Waals surface area contributed by atoms with Crippen molar-refractivity contribution in [3.05, 3.63) is 23.8 Å². The highest BCUT2D eigenvalue weighted by Gasteiger charge is 2.15. The van der Waals surface area contributed by atoms with E-state index in [1.54, 1.807) is 0 Å². The van der Waals surface area contributed by atoms with E-state index in [0.29, 0.717) is 25.8 Å². The normalized spacial score (nSPS) is 18.1. The van der Waals surface area contributed by atoms with Gasteiger partial charge in [0.2, 0.25) is 0 Å². The van der Waals surface area contributed by atoms with Crippen LogP contribution in [0.3, 0.4) is 0 Å². The van der Waals surface area contributed by atoms with E-state index in [9.17, 15) is 4.79 Å². The van der Waals surface area contributed by atoms with Crippen molar-refractivity contribution >= 4 is 6.03 Å². The molecule has 2 aliphatic rings. The van der Waals surface area contributed by atoms with E-state index in [2.05, 4.69) is 10.6 Å². The van der Waals surface area contributed by atoms with Gasteiger partial charge in [-0.05, 0) is 37.0 Å². The third-order valence-electron chi connectivity index (χ3n) is 4.50. The van der Waals surface area contributed by atoms with Crippen LogP contribution in [0.25, 0.3) is 0 Å². The molecule has 0 atom stereocenters. The van der Waals surface area contributed by atoms with Crippen LogP contribution in [0.2, 0.25) is 0 Å². The number of benzene rings is 1. The third kappa shape index (κ3) is 4.78. The summed E-state index contributed by atoms with van der Waals surface area (Å²) >= 11 is 0. The number of hydrogen-bond donors (Lipinski definition) is 2. The number of carbonyl (C=O) groups is 1.